The van der Waals surface area contributed by atoms with Crippen molar-refractivity contribution in [3.63, 3.8) is 0 Å². The van der Waals surface area contributed by atoms with Crippen LogP contribution in [0.4, 0.5) is 5.69 Å². The third-order valence-electron chi connectivity index (χ3n) is 6.10. The van der Waals surface area contributed by atoms with E-state index in [4.69, 9.17) is 4.42 Å². The van der Waals surface area contributed by atoms with Crippen LogP contribution < -0.4 is 15.5 Å². The van der Waals surface area contributed by atoms with E-state index in [2.05, 4.69) is 44.7 Å². The Balaban J connectivity index is 1.33. The molecule has 2 N–H and O–H groups in total. The van der Waals surface area contributed by atoms with Gasteiger partial charge in [0.25, 0.3) is 0 Å². The lowest BCUT2D eigenvalue weighted by atomic mass is 10.1. The van der Waals surface area contributed by atoms with Gasteiger partial charge in [-0.2, -0.15) is 0 Å². The summed E-state index contributed by atoms with van der Waals surface area (Å²) in [5.41, 5.74) is 1.23. The molecule has 0 unspecified atom stereocenters. The van der Waals surface area contributed by atoms with Gasteiger partial charge in [-0.15, -0.1) is 0 Å². The van der Waals surface area contributed by atoms with Crippen LogP contribution in [0.1, 0.15) is 37.5 Å². The predicted molar refractivity (Wildman–Crippen MR) is 115 cm³/mol. The van der Waals surface area contributed by atoms with Crippen molar-refractivity contribution >= 4 is 17.5 Å². The fourth-order valence-corrected chi connectivity index (χ4v) is 4.41. The zero-order valence-electron chi connectivity index (χ0n) is 17.3. The third-order valence-corrected chi connectivity index (χ3v) is 6.10. The zero-order chi connectivity index (χ0) is 20.8. The molecule has 1 saturated carbocycles. The minimum absolute atomic E-state index is 0.0962. The van der Waals surface area contributed by atoms with Crippen molar-refractivity contribution in [1.82, 2.24) is 15.5 Å². The molecule has 1 aromatic heterocycles. The first-order chi connectivity index (χ1) is 14.7. The molecule has 2 aromatic rings. The maximum absolute atomic E-state index is 12.3. The Morgan fingerprint density at radius 1 is 0.967 bits per heavy atom. The van der Waals surface area contributed by atoms with Crippen molar-refractivity contribution in [2.24, 2.45) is 0 Å². The molecule has 0 spiro atoms. The minimum atomic E-state index is -0.568. The Kier molecular flexibility index (Phi) is 6.69. The van der Waals surface area contributed by atoms with Crippen molar-refractivity contribution < 1.29 is 14.0 Å². The van der Waals surface area contributed by atoms with Crippen LogP contribution in [0.3, 0.4) is 0 Å². The van der Waals surface area contributed by atoms with Gasteiger partial charge < -0.3 is 20.0 Å². The van der Waals surface area contributed by atoms with Crippen molar-refractivity contribution in [2.45, 2.75) is 37.8 Å². The molecule has 7 heteroatoms. The summed E-state index contributed by atoms with van der Waals surface area (Å²) >= 11 is 0. The van der Waals surface area contributed by atoms with Crippen molar-refractivity contribution in [3.8, 4) is 0 Å². The standard InChI is InChI=1S/C23H30N4O3/c28-22(23(29)25-18-7-4-5-8-18)24-17-20(21-11-6-16-30-21)27-14-12-26(13-15-27)19-9-2-1-3-10-19/h1-3,6,9-11,16,18,20H,4-5,7-8,12-15,17H2,(H,24,28)(H,25,29)/t20-/m0/s1. The van der Waals surface area contributed by atoms with Gasteiger partial charge in [0, 0.05) is 44.5 Å². The summed E-state index contributed by atoms with van der Waals surface area (Å²) in [5, 5.41) is 5.66. The van der Waals surface area contributed by atoms with Crippen LogP contribution in [0, 0.1) is 0 Å². The number of anilines is 1. The Morgan fingerprint density at radius 2 is 1.70 bits per heavy atom. The number of piperazine rings is 1. The number of furan rings is 1. The number of para-hydroxylation sites is 1. The van der Waals surface area contributed by atoms with E-state index in [0.717, 1.165) is 57.6 Å². The molecular weight excluding hydrogens is 380 g/mol. The van der Waals surface area contributed by atoms with E-state index in [0.29, 0.717) is 6.54 Å². The van der Waals surface area contributed by atoms with E-state index in [-0.39, 0.29) is 12.1 Å². The van der Waals surface area contributed by atoms with E-state index in [1.807, 2.05) is 18.2 Å². The average molecular weight is 411 g/mol. The van der Waals surface area contributed by atoms with Crippen LogP contribution in [0.25, 0.3) is 0 Å². The molecule has 2 aliphatic rings. The minimum Gasteiger partial charge on any atom is -0.468 e. The molecule has 0 bridgehead atoms. The molecule has 1 aromatic carbocycles. The van der Waals surface area contributed by atoms with Crippen LogP contribution >= 0.6 is 0 Å². The fraction of sp³-hybridized carbons (Fsp3) is 0.478. The van der Waals surface area contributed by atoms with Gasteiger partial charge in [0.2, 0.25) is 0 Å². The first kappa shape index (κ1) is 20.5. The topological polar surface area (TPSA) is 77.8 Å². The second-order valence-electron chi connectivity index (χ2n) is 8.05. The zero-order valence-corrected chi connectivity index (χ0v) is 17.3. The first-order valence-electron chi connectivity index (χ1n) is 10.9. The highest BCUT2D eigenvalue weighted by molar-refractivity contribution is 6.35. The molecule has 2 fully saturated rings. The molecule has 2 heterocycles. The Bertz CT molecular complexity index is 810. The number of benzene rings is 1. The largest absolute Gasteiger partial charge is 0.468 e. The predicted octanol–water partition coefficient (Wildman–Crippen LogP) is 2.32. The smallest absolute Gasteiger partial charge is 0.309 e. The summed E-state index contributed by atoms with van der Waals surface area (Å²) in [6.07, 6.45) is 5.79. The number of rotatable bonds is 6. The molecule has 7 nitrogen and oxygen atoms in total. The highest BCUT2D eigenvalue weighted by atomic mass is 16.3. The van der Waals surface area contributed by atoms with Crippen molar-refractivity contribution in [3.05, 3.63) is 54.5 Å². The SMILES string of the molecule is O=C(NC[C@@H](c1ccco1)N1CCN(c2ccccc2)CC1)C(=O)NC1CCCC1. The van der Waals surface area contributed by atoms with E-state index < -0.39 is 11.8 Å². The van der Waals surface area contributed by atoms with E-state index in [1.54, 1.807) is 6.26 Å². The first-order valence-corrected chi connectivity index (χ1v) is 10.9. The van der Waals surface area contributed by atoms with Gasteiger partial charge >= 0.3 is 11.8 Å². The molecule has 1 aliphatic carbocycles. The van der Waals surface area contributed by atoms with Gasteiger partial charge in [-0.3, -0.25) is 14.5 Å². The quantitative estimate of drug-likeness (QED) is 0.715. The van der Waals surface area contributed by atoms with Crippen LogP contribution in [0.2, 0.25) is 0 Å². The molecule has 160 valence electrons. The molecule has 30 heavy (non-hydrogen) atoms. The molecule has 4 rings (SSSR count). The maximum Gasteiger partial charge on any atom is 0.309 e. The van der Waals surface area contributed by atoms with E-state index in [1.165, 1.54) is 5.69 Å². The summed E-state index contributed by atoms with van der Waals surface area (Å²) < 4.78 is 5.65. The van der Waals surface area contributed by atoms with Gasteiger partial charge in [0.15, 0.2) is 0 Å². The summed E-state index contributed by atoms with van der Waals surface area (Å²) in [7, 11) is 0. The molecule has 1 saturated heterocycles. The third kappa shape index (κ3) is 5.02. The molecule has 1 aliphatic heterocycles. The highest BCUT2D eigenvalue weighted by Gasteiger charge is 2.28. The summed E-state index contributed by atoms with van der Waals surface area (Å²) in [5.74, 6) is -0.296. The fourth-order valence-electron chi connectivity index (χ4n) is 4.41. The molecule has 1 atom stereocenters. The van der Waals surface area contributed by atoms with Crippen LogP contribution in [0.15, 0.2) is 53.1 Å². The number of carbonyl (C=O) groups is 2. The lowest BCUT2D eigenvalue weighted by Crippen LogP contribution is -2.51. The van der Waals surface area contributed by atoms with E-state index in [9.17, 15) is 9.59 Å². The summed E-state index contributed by atoms with van der Waals surface area (Å²) in [6.45, 7) is 3.85. The Morgan fingerprint density at radius 3 is 2.37 bits per heavy atom. The lowest BCUT2D eigenvalue weighted by molar-refractivity contribution is -0.139. The summed E-state index contributed by atoms with van der Waals surface area (Å²) in [4.78, 5) is 29.2. The lowest BCUT2D eigenvalue weighted by Gasteiger charge is -2.39. The monoisotopic (exact) mass is 410 g/mol. The molecule has 0 radical (unpaired) electrons. The Hall–Kier alpha value is -2.80. The second-order valence-corrected chi connectivity index (χ2v) is 8.05. The Labute approximate surface area is 177 Å². The maximum atomic E-state index is 12.3. The van der Waals surface area contributed by atoms with Gasteiger partial charge in [-0.1, -0.05) is 31.0 Å². The normalized spacial score (nSPS) is 18.9. The van der Waals surface area contributed by atoms with Gasteiger partial charge in [-0.25, -0.2) is 0 Å². The number of hydrogen-bond donors (Lipinski definition) is 2. The second kappa shape index (κ2) is 9.80. The van der Waals surface area contributed by atoms with Crippen LogP contribution in [0.5, 0.6) is 0 Å². The van der Waals surface area contributed by atoms with Crippen molar-refractivity contribution in [2.75, 3.05) is 37.6 Å². The molecule has 2 amide bonds. The molecular formula is C23H30N4O3. The van der Waals surface area contributed by atoms with Gasteiger partial charge in [0.1, 0.15) is 5.76 Å². The van der Waals surface area contributed by atoms with Gasteiger partial charge in [-0.05, 0) is 37.1 Å². The number of nitrogens with one attached hydrogen (secondary N) is 2. The van der Waals surface area contributed by atoms with Crippen LogP contribution in [-0.2, 0) is 9.59 Å². The summed E-state index contributed by atoms with van der Waals surface area (Å²) in [6, 6.07) is 14.2. The highest BCUT2D eigenvalue weighted by Crippen LogP contribution is 2.24. The number of nitrogens with zero attached hydrogens (tertiary/aromatic N) is 2. The van der Waals surface area contributed by atoms with E-state index >= 15 is 0 Å². The average Bonchev–Trinajstić information content (AvgIpc) is 3.49. The number of hydrogen-bond acceptors (Lipinski definition) is 5. The van der Waals surface area contributed by atoms with Crippen LogP contribution in [-0.4, -0.2) is 55.5 Å². The van der Waals surface area contributed by atoms with Crippen molar-refractivity contribution in [1.29, 1.82) is 0 Å². The van der Waals surface area contributed by atoms with Gasteiger partial charge in [0.05, 0.1) is 12.3 Å². The number of carbonyl (C=O) groups excluding carboxylic acids is 2. The number of amides is 2.